The molecule has 0 aliphatic heterocycles. The molecule has 68 valence electrons. The molecule has 5 heteroatoms. The van der Waals surface area contributed by atoms with E-state index in [0.29, 0.717) is 21.8 Å². The zero-order valence-corrected chi connectivity index (χ0v) is 8.46. The largest absolute Gasteiger partial charge is 0.458 e. The number of hydrogen-bond acceptors (Lipinski definition) is 4. The van der Waals surface area contributed by atoms with E-state index in [1.807, 2.05) is 13.0 Å². The van der Waals surface area contributed by atoms with Gasteiger partial charge in [0.05, 0.1) is 0 Å². The first kappa shape index (κ1) is 8.37. The first-order valence-electron chi connectivity index (χ1n) is 3.66. The summed E-state index contributed by atoms with van der Waals surface area (Å²) < 4.78 is 10.9. The Morgan fingerprint density at radius 2 is 2.23 bits per heavy atom. The van der Waals surface area contributed by atoms with Crippen LogP contribution in [0.1, 0.15) is 5.76 Å². The highest BCUT2D eigenvalue weighted by Gasteiger charge is 2.15. The molecule has 0 saturated carbocycles. The van der Waals surface area contributed by atoms with Crippen molar-refractivity contribution in [1.29, 1.82) is 0 Å². The zero-order valence-electron chi connectivity index (χ0n) is 6.87. The van der Waals surface area contributed by atoms with Crippen LogP contribution in [0.3, 0.4) is 0 Å². The molecule has 0 atom stereocenters. The molecule has 2 aromatic rings. The number of rotatable bonds is 1. The molecular formula is C8H7BrN2O2. The number of nitrogens with zero attached hydrogens (tertiary/aromatic N) is 1. The molecule has 0 aromatic carbocycles. The van der Waals surface area contributed by atoms with E-state index in [1.165, 1.54) is 0 Å². The van der Waals surface area contributed by atoms with Gasteiger partial charge in [0.1, 0.15) is 10.2 Å². The maximum absolute atomic E-state index is 5.49. The highest BCUT2D eigenvalue weighted by atomic mass is 79.9. The molecule has 2 aromatic heterocycles. The molecule has 0 radical (unpaired) electrons. The number of anilines is 1. The van der Waals surface area contributed by atoms with E-state index in [1.54, 1.807) is 6.07 Å². The molecule has 0 unspecified atom stereocenters. The Morgan fingerprint density at radius 3 is 2.69 bits per heavy atom. The van der Waals surface area contributed by atoms with Crippen LogP contribution in [0, 0.1) is 6.92 Å². The van der Waals surface area contributed by atoms with Crippen molar-refractivity contribution in [2.45, 2.75) is 6.92 Å². The van der Waals surface area contributed by atoms with Crippen LogP contribution in [-0.2, 0) is 0 Å². The van der Waals surface area contributed by atoms with Crippen molar-refractivity contribution in [3.05, 3.63) is 22.4 Å². The Morgan fingerprint density at radius 1 is 1.46 bits per heavy atom. The Kier molecular flexibility index (Phi) is 1.88. The molecule has 0 saturated heterocycles. The van der Waals surface area contributed by atoms with Crippen molar-refractivity contribution in [2.24, 2.45) is 0 Å². The fourth-order valence-corrected chi connectivity index (χ4v) is 1.34. The number of nitrogens with two attached hydrogens (primary N) is 1. The minimum absolute atomic E-state index is 0.323. The Hall–Kier alpha value is -1.23. The van der Waals surface area contributed by atoms with Crippen molar-refractivity contribution in [2.75, 3.05) is 5.73 Å². The minimum atomic E-state index is 0.323. The highest BCUT2D eigenvalue weighted by molar-refractivity contribution is 9.10. The molecule has 2 heterocycles. The van der Waals surface area contributed by atoms with Gasteiger partial charge in [0, 0.05) is 0 Å². The van der Waals surface area contributed by atoms with Gasteiger partial charge in [-0.3, -0.25) is 0 Å². The van der Waals surface area contributed by atoms with Crippen LogP contribution in [0.25, 0.3) is 11.5 Å². The van der Waals surface area contributed by atoms with Crippen LogP contribution < -0.4 is 5.73 Å². The maximum atomic E-state index is 5.49. The zero-order chi connectivity index (χ0) is 9.42. The van der Waals surface area contributed by atoms with E-state index in [-0.39, 0.29) is 0 Å². The van der Waals surface area contributed by atoms with Gasteiger partial charge < -0.3 is 14.7 Å². The van der Waals surface area contributed by atoms with Crippen molar-refractivity contribution < 1.29 is 8.94 Å². The lowest BCUT2D eigenvalue weighted by Gasteiger charge is -1.88. The van der Waals surface area contributed by atoms with Crippen LogP contribution in [0.15, 0.2) is 25.5 Å². The second kappa shape index (κ2) is 2.92. The summed E-state index contributed by atoms with van der Waals surface area (Å²) in [5, 5.41) is 3.60. The Bertz CT molecular complexity index is 433. The molecule has 4 nitrogen and oxygen atoms in total. The monoisotopic (exact) mass is 242 g/mol. The number of furan rings is 1. The quantitative estimate of drug-likeness (QED) is 0.835. The van der Waals surface area contributed by atoms with Crippen LogP contribution in [0.2, 0.25) is 0 Å². The number of aromatic nitrogens is 1. The van der Waals surface area contributed by atoms with Crippen molar-refractivity contribution in [3.8, 4) is 11.5 Å². The van der Waals surface area contributed by atoms with Gasteiger partial charge in [-0.2, -0.15) is 0 Å². The standard InChI is InChI=1S/C8H7BrN2O2/c1-4-2-3-5(12-4)7-6(9)8(10)11-13-7/h2-3H,1H3,(H2,10,11). The van der Waals surface area contributed by atoms with Crippen molar-refractivity contribution in [3.63, 3.8) is 0 Å². The summed E-state index contributed by atoms with van der Waals surface area (Å²) in [4.78, 5) is 0. The lowest BCUT2D eigenvalue weighted by atomic mass is 10.3. The van der Waals surface area contributed by atoms with E-state index in [9.17, 15) is 0 Å². The normalized spacial score (nSPS) is 10.6. The molecule has 2 N–H and O–H groups in total. The van der Waals surface area contributed by atoms with E-state index in [2.05, 4.69) is 21.1 Å². The number of hydrogen-bond donors (Lipinski definition) is 1. The van der Waals surface area contributed by atoms with Gasteiger partial charge in [-0.15, -0.1) is 0 Å². The van der Waals surface area contributed by atoms with Crippen molar-refractivity contribution >= 4 is 21.7 Å². The van der Waals surface area contributed by atoms with Gasteiger partial charge in [0.25, 0.3) is 0 Å². The number of nitrogen functional groups attached to an aromatic ring is 1. The smallest absolute Gasteiger partial charge is 0.218 e. The summed E-state index contributed by atoms with van der Waals surface area (Å²) in [6, 6.07) is 3.65. The summed E-state index contributed by atoms with van der Waals surface area (Å²) in [6.45, 7) is 1.86. The van der Waals surface area contributed by atoms with Crippen LogP contribution in [0.5, 0.6) is 0 Å². The summed E-state index contributed by atoms with van der Waals surface area (Å²) in [5.41, 5.74) is 5.49. The minimum Gasteiger partial charge on any atom is -0.458 e. The number of aryl methyl sites for hydroxylation is 1. The maximum Gasteiger partial charge on any atom is 0.218 e. The molecule has 0 spiro atoms. The lowest BCUT2D eigenvalue weighted by molar-refractivity contribution is 0.417. The summed E-state index contributed by atoms with van der Waals surface area (Å²) in [6.07, 6.45) is 0. The topological polar surface area (TPSA) is 65.2 Å². The van der Waals surface area contributed by atoms with Crippen molar-refractivity contribution in [1.82, 2.24) is 5.16 Å². The van der Waals surface area contributed by atoms with Gasteiger partial charge in [-0.05, 0) is 35.0 Å². The highest BCUT2D eigenvalue weighted by Crippen LogP contribution is 2.33. The van der Waals surface area contributed by atoms with Crippen LogP contribution in [-0.4, -0.2) is 5.16 Å². The molecule has 13 heavy (non-hydrogen) atoms. The SMILES string of the molecule is Cc1ccc(-c2onc(N)c2Br)o1. The molecule has 0 amide bonds. The second-order valence-corrected chi connectivity index (χ2v) is 3.41. The predicted molar refractivity (Wildman–Crippen MR) is 51.1 cm³/mol. The fourth-order valence-electron chi connectivity index (χ4n) is 1.00. The van der Waals surface area contributed by atoms with E-state index < -0.39 is 0 Å². The van der Waals surface area contributed by atoms with Gasteiger partial charge in [0.15, 0.2) is 11.6 Å². The Labute approximate surface area is 82.8 Å². The van der Waals surface area contributed by atoms with Gasteiger partial charge in [-0.1, -0.05) is 5.16 Å². The second-order valence-electron chi connectivity index (χ2n) is 2.62. The fraction of sp³-hybridized carbons (Fsp3) is 0.125. The summed E-state index contributed by atoms with van der Waals surface area (Å²) >= 11 is 3.25. The van der Waals surface area contributed by atoms with Gasteiger partial charge >= 0.3 is 0 Å². The van der Waals surface area contributed by atoms with E-state index in [0.717, 1.165) is 5.76 Å². The summed E-state index contributed by atoms with van der Waals surface area (Å²) in [7, 11) is 0. The molecule has 2 rings (SSSR count). The molecule has 0 aliphatic rings. The lowest BCUT2D eigenvalue weighted by Crippen LogP contribution is -1.82. The average Bonchev–Trinajstić information content (AvgIpc) is 2.62. The third-order valence-corrected chi connectivity index (χ3v) is 2.39. The van der Waals surface area contributed by atoms with Gasteiger partial charge in [-0.25, -0.2) is 0 Å². The molecular weight excluding hydrogens is 236 g/mol. The third kappa shape index (κ3) is 1.35. The Balaban J connectivity index is 2.52. The summed E-state index contributed by atoms with van der Waals surface area (Å²) in [5.74, 6) is 2.28. The predicted octanol–water partition coefficient (Wildman–Crippen LogP) is 2.59. The van der Waals surface area contributed by atoms with Crippen LogP contribution in [0.4, 0.5) is 5.82 Å². The number of halogens is 1. The van der Waals surface area contributed by atoms with E-state index in [4.69, 9.17) is 14.7 Å². The average molecular weight is 243 g/mol. The van der Waals surface area contributed by atoms with Crippen LogP contribution >= 0.6 is 15.9 Å². The third-order valence-electron chi connectivity index (χ3n) is 1.62. The van der Waals surface area contributed by atoms with Gasteiger partial charge in [0.2, 0.25) is 5.76 Å². The first-order valence-corrected chi connectivity index (χ1v) is 4.45. The van der Waals surface area contributed by atoms with E-state index >= 15 is 0 Å². The molecule has 0 bridgehead atoms. The molecule has 0 aliphatic carbocycles. The first-order chi connectivity index (χ1) is 6.18. The molecule has 0 fully saturated rings.